The van der Waals surface area contributed by atoms with Crippen molar-refractivity contribution in [2.24, 2.45) is 5.11 Å². The minimum Gasteiger partial charge on any atom is -0.346 e. The summed E-state index contributed by atoms with van der Waals surface area (Å²) in [7, 11) is 0. The van der Waals surface area contributed by atoms with Crippen LogP contribution in [0.2, 0.25) is 0 Å². The van der Waals surface area contributed by atoms with Crippen LogP contribution < -0.4 is 0 Å². The first-order valence-corrected chi connectivity index (χ1v) is 4.32. The van der Waals surface area contributed by atoms with Gasteiger partial charge in [-0.2, -0.15) is 0 Å². The SMILES string of the molecule is [N-]=[N+]=NCCn1ccc2ncccc21. The lowest BCUT2D eigenvalue weighted by atomic mass is 10.4. The molecule has 5 nitrogen and oxygen atoms in total. The highest BCUT2D eigenvalue weighted by molar-refractivity contribution is 5.75. The molecule has 0 bridgehead atoms. The van der Waals surface area contributed by atoms with Crippen molar-refractivity contribution in [1.82, 2.24) is 9.55 Å². The summed E-state index contributed by atoms with van der Waals surface area (Å²) in [5.41, 5.74) is 10.2. The zero-order valence-corrected chi connectivity index (χ0v) is 7.54. The van der Waals surface area contributed by atoms with Gasteiger partial charge in [-0.15, -0.1) is 0 Å². The molecule has 2 heterocycles. The maximum atomic E-state index is 8.14. The smallest absolute Gasteiger partial charge is 0.0880 e. The summed E-state index contributed by atoms with van der Waals surface area (Å²) in [6.07, 6.45) is 3.71. The summed E-state index contributed by atoms with van der Waals surface area (Å²) in [6.45, 7) is 1.16. The minimum atomic E-state index is 0.467. The van der Waals surface area contributed by atoms with E-state index in [4.69, 9.17) is 5.53 Å². The Hall–Kier alpha value is -2.00. The van der Waals surface area contributed by atoms with E-state index in [-0.39, 0.29) is 0 Å². The molecule has 0 aliphatic heterocycles. The maximum absolute atomic E-state index is 8.14. The van der Waals surface area contributed by atoms with Crippen LogP contribution in [0.25, 0.3) is 21.5 Å². The van der Waals surface area contributed by atoms with Crippen LogP contribution in [0.3, 0.4) is 0 Å². The molecule has 2 aromatic rings. The van der Waals surface area contributed by atoms with E-state index >= 15 is 0 Å². The zero-order chi connectivity index (χ0) is 9.80. The lowest BCUT2D eigenvalue weighted by Crippen LogP contribution is -1.98. The summed E-state index contributed by atoms with van der Waals surface area (Å²) < 4.78 is 2.02. The van der Waals surface area contributed by atoms with Gasteiger partial charge in [0, 0.05) is 30.4 Å². The molecular formula is C9H9N5. The number of hydrogen-bond acceptors (Lipinski definition) is 2. The summed E-state index contributed by atoms with van der Waals surface area (Å²) >= 11 is 0. The van der Waals surface area contributed by atoms with Crippen LogP contribution in [0.15, 0.2) is 35.7 Å². The number of fused-ring (bicyclic) bond motifs is 1. The molecule has 0 N–H and O–H groups in total. The predicted molar refractivity (Wildman–Crippen MR) is 53.7 cm³/mol. The molecule has 0 unspecified atom stereocenters. The summed E-state index contributed by atoms with van der Waals surface area (Å²) in [5, 5.41) is 3.49. The second kappa shape index (κ2) is 3.81. The Morgan fingerprint density at radius 3 is 3.29 bits per heavy atom. The molecule has 2 aromatic heterocycles. The quantitative estimate of drug-likeness (QED) is 0.413. The third-order valence-electron chi connectivity index (χ3n) is 2.04. The van der Waals surface area contributed by atoms with E-state index in [2.05, 4.69) is 15.0 Å². The molecule has 0 atom stereocenters. The number of azide groups is 1. The number of nitrogens with zero attached hydrogens (tertiary/aromatic N) is 5. The fourth-order valence-corrected chi connectivity index (χ4v) is 1.41. The molecule has 70 valence electrons. The van der Waals surface area contributed by atoms with Crippen LogP contribution in [0.5, 0.6) is 0 Å². The van der Waals surface area contributed by atoms with Crippen LogP contribution in [0, 0.1) is 0 Å². The molecule has 5 heteroatoms. The molecule has 2 rings (SSSR count). The molecule has 0 amide bonds. The average Bonchev–Trinajstić information content (AvgIpc) is 2.63. The van der Waals surface area contributed by atoms with E-state index in [0.717, 1.165) is 11.0 Å². The second-order valence-electron chi connectivity index (χ2n) is 2.87. The van der Waals surface area contributed by atoms with Gasteiger partial charge >= 0.3 is 0 Å². The Kier molecular flexibility index (Phi) is 2.34. The van der Waals surface area contributed by atoms with Crippen molar-refractivity contribution in [2.45, 2.75) is 6.54 Å². The molecule has 0 spiro atoms. The second-order valence-corrected chi connectivity index (χ2v) is 2.87. The lowest BCUT2D eigenvalue weighted by Gasteiger charge is -2.00. The Morgan fingerprint density at radius 2 is 2.43 bits per heavy atom. The fraction of sp³-hybridized carbons (Fsp3) is 0.222. The van der Waals surface area contributed by atoms with Crippen molar-refractivity contribution in [3.8, 4) is 0 Å². The van der Waals surface area contributed by atoms with Gasteiger partial charge in [-0.3, -0.25) is 4.98 Å². The van der Waals surface area contributed by atoms with Crippen LogP contribution in [0.1, 0.15) is 0 Å². The van der Waals surface area contributed by atoms with E-state index < -0.39 is 0 Å². The largest absolute Gasteiger partial charge is 0.346 e. The van der Waals surface area contributed by atoms with E-state index in [1.807, 2.05) is 29.0 Å². The molecule has 0 saturated heterocycles. The van der Waals surface area contributed by atoms with Crippen molar-refractivity contribution in [1.29, 1.82) is 0 Å². The van der Waals surface area contributed by atoms with Gasteiger partial charge in [0.25, 0.3) is 0 Å². The molecular weight excluding hydrogens is 178 g/mol. The third kappa shape index (κ3) is 1.53. The van der Waals surface area contributed by atoms with E-state index in [9.17, 15) is 0 Å². The molecule has 0 fully saturated rings. The topological polar surface area (TPSA) is 66.6 Å². The predicted octanol–water partition coefficient (Wildman–Crippen LogP) is 2.35. The molecule has 0 aliphatic rings. The van der Waals surface area contributed by atoms with Gasteiger partial charge in [0.05, 0.1) is 11.0 Å². The first-order chi connectivity index (χ1) is 6.92. The van der Waals surface area contributed by atoms with Gasteiger partial charge in [0.2, 0.25) is 0 Å². The number of hydrogen-bond donors (Lipinski definition) is 0. The molecule has 0 radical (unpaired) electrons. The zero-order valence-electron chi connectivity index (χ0n) is 7.54. The molecule has 0 aliphatic carbocycles. The Bertz CT molecular complexity index is 481. The Balaban J connectivity index is 2.29. The number of pyridine rings is 1. The maximum Gasteiger partial charge on any atom is 0.0880 e. The van der Waals surface area contributed by atoms with Crippen molar-refractivity contribution in [3.63, 3.8) is 0 Å². The van der Waals surface area contributed by atoms with Gasteiger partial charge < -0.3 is 4.57 Å². The first kappa shape index (κ1) is 8.59. The molecule has 0 saturated carbocycles. The first-order valence-electron chi connectivity index (χ1n) is 4.32. The minimum absolute atomic E-state index is 0.467. The van der Waals surface area contributed by atoms with Gasteiger partial charge in [0.1, 0.15) is 0 Å². The number of rotatable bonds is 3. The summed E-state index contributed by atoms with van der Waals surface area (Å²) in [6, 6.07) is 5.84. The summed E-state index contributed by atoms with van der Waals surface area (Å²) in [4.78, 5) is 6.92. The van der Waals surface area contributed by atoms with Gasteiger partial charge in [-0.1, -0.05) is 5.11 Å². The van der Waals surface area contributed by atoms with Gasteiger partial charge in [0.15, 0.2) is 0 Å². The van der Waals surface area contributed by atoms with Crippen molar-refractivity contribution >= 4 is 11.0 Å². The van der Waals surface area contributed by atoms with Crippen LogP contribution in [-0.2, 0) is 6.54 Å². The highest BCUT2D eigenvalue weighted by atomic mass is 15.1. The Labute approximate surface area is 80.6 Å². The van der Waals surface area contributed by atoms with E-state index in [1.165, 1.54) is 0 Å². The normalized spacial score (nSPS) is 10.0. The third-order valence-corrected chi connectivity index (χ3v) is 2.04. The standard InChI is InChI=1S/C9H9N5/c10-13-12-5-7-14-6-3-8-9(14)2-1-4-11-8/h1-4,6H,5,7H2. The highest BCUT2D eigenvalue weighted by Crippen LogP contribution is 2.11. The molecule has 0 aromatic carbocycles. The lowest BCUT2D eigenvalue weighted by molar-refractivity contribution is 0.732. The van der Waals surface area contributed by atoms with Crippen molar-refractivity contribution < 1.29 is 0 Å². The van der Waals surface area contributed by atoms with E-state index in [1.54, 1.807) is 6.20 Å². The van der Waals surface area contributed by atoms with E-state index in [0.29, 0.717) is 13.1 Å². The van der Waals surface area contributed by atoms with Gasteiger partial charge in [-0.05, 0) is 23.7 Å². The van der Waals surface area contributed by atoms with Crippen LogP contribution in [-0.4, -0.2) is 16.1 Å². The summed E-state index contributed by atoms with van der Waals surface area (Å²) in [5.74, 6) is 0. The van der Waals surface area contributed by atoms with Crippen molar-refractivity contribution in [3.05, 3.63) is 41.0 Å². The number of aromatic nitrogens is 2. The Morgan fingerprint density at radius 1 is 1.50 bits per heavy atom. The van der Waals surface area contributed by atoms with Crippen LogP contribution >= 0.6 is 0 Å². The molecule has 14 heavy (non-hydrogen) atoms. The fourth-order valence-electron chi connectivity index (χ4n) is 1.41. The average molecular weight is 187 g/mol. The monoisotopic (exact) mass is 187 g/mol. The van der Waals surface area contributed by atoms with Gasteiger partial charge in [-0.25, -0.2) is 0 Å². The van der Waals surface area contributed by atoms with Crippen LogP contribution in [0.4, 0.5) is 0 Å². The highest BCUT2D eigenvalue weighted by Gasteiger charge is 1.98. The van der Waals surface area contributed by atoms with Crippen molar-refractivity contribution in [2.75, 3.05) is 6.54 Å².